The number of carbonyl (C=O) groups excluding carboxylic acids is 2. The Morgan fingerprint density at radius 1 is 1.06 bits per heavy atom. The lowest BCUT2D eigenvalue weighted by Crippen LogP contribution is -2.12. The molecular formula is C10H5F3O3. The number of cyclic esters (lactones) is 2. The van der Waals surface area contributed by atoms with E-state index < -0.39 is 24.5 Å². The molecule has 2 rings (SSSR count). The third kappa shape index (κ3) is 1.91. The van der Waals surface area contributed by atoms with Gasteiger partial charge in [-0.25, -0.2) is 9.59 Å². The molecule has 0 saturated carbocycles. The Bertz CT molecular complexity index is 477. The van der Waals surface area contributed by atoms with E-state index in [1.54, 1.807) is 0 Å². The molecule has 0 bridgehead atoms. The average Bonchev–Trinajstić information content (AvgIpc) is 2.40. The van der Waals surface area contributed by atoms with E-state index >= 15 is 0 Å². The van der Waals surface area contributed by atoms with Crippen LogP contribution in [0.5, 0.6) is 0 Å². The van der Waals surface area contributed by atoms with Gasteiger partial charge in [-0.1, -0.05) is 6.07 Å². The number of hydrogen-bond donors (Lipinski definition) is 0. The van der Waals surface area contributed by atoms with Gasteiger partial charge >= 0.3 is 18.1 Å². The van der Waals surface area contributed by atoms with Crippen LogP contribution in [0.4, 0.5) is 13.2 Å². The molecule has 0 amide bonds. The zero-order chi connectivity index (χ0) is 11.9. The number of benzene rings is 1. The summed E-state index contributed by atoms with van der Waals surface area (Å²) in [5.74, 6) is -1.72. The van der Waals surface area contributed by atoms with Crippen molar-refractivity contribution in [2.24, 2.45) is 0 Å². The normalized spacial score (nSPS) is 14.9. The number of esters is 2. The molecule has 0 aromatic heterocycles. The first-order valence-electron chi connectivity index (χ1n) is 4.33. The summed E-state index contributed by atoms with van der Waals surface area (Å²) in [5, 5.41) is 0. The van der Waals surface area contributed by atoms with Gasteiger partial charge < -0.3 is 4.74 Å². The molecule has 0 spiro atoms. The smallest absolute Gasteiger partial charge is 0.386 e. The van der Waals surface area contributed by atoms with Gasteiger partial charge in [-0.3, -0.25) is 0 Å². The van der Waals surface area contributed by atoms with Crippen molar-refractivity contribution >= 4 is 11.9 Å². The summed E-state index contributed by atoms with van der Waals surface area (Å²) in [7, 11) is 0. The molecule has 0 aliphatic carbocycles. The highest BCUT2D eigenvalue weighted by Gasteiger charge is 2.32. The minimum absolute atomic E-state index is 0.0101. The standard InChI is InChI=1S/C10H5F3O3/c11-10(12,13)4-5-1-2-6-7(3-5)9(15)16-8(6)14/h1-3H,4H2. The minimum atomic E-state index is -4.35. The fourth-order valence-corrected chi connectivity index (χ4v) is 1.47. The van der Waals surface area contributed by atoms with E-state index in [1.165, 1.54) is 6.07 Å². The van der Waals surface area contributed by atoms with Crippen molar-refractivity contribution in [3.05, 3.63) is 34.9 Å². The fraction of sp³-hybridized carbons (Fsp3) is 0.200. The van der Waals surface area contributed by atoms with Gasteiger partial charge in [0.1, 0.15) is 0 Å². The Labute approximate surface area is 87.8 Å². The van der Waals surface area contributed by atoms with E-state index in [1.807, 2.05) is 0 Å². The van der Waals surface area contributed by atoms with E-state index in [0.29, 0.717) is 0 Å². The van der Waals surface area contributed by atoms with Crippen molar-refractivity contribution < 1.29 is 27.5 Å². The van der Waals surface area contributed by atoms with Crippen LogP contribution in [0.25, 0.3) is 0 Å². The molecular weight excluding hydrogens is 225 g/mol. The van der Waals surface area contributed by atoms with E-state index in [2.05, 4.69) is 4.74 Å². The van der Waals surface area contributed by atoms with Crippen LogP contribution < -0.4 is 0 Å². The molecule has 1 aliphatic heterocycles. The first kappa shape index (κ1) is 10.7. The molecule has 1 aromatic rings. The highest BCUT2D eigenvalue weighted by atomic mass is 19.4. The number of rotatable bonds is 1. The summed E-state index contributed by atoms with van der Waals surface area (Å²) >= 11 is 0. The van der Waals surface area contributed by atoms with Gasteiger partial charge in [0, 0.05) is 0 Å². The van der Waals surface area contributed by atoms with Gasteiger partial charge in [0.05, 0.1) is 17.5 Å². The van der Waals surface area contributed by atoms with Gasteiger partial charge in [0.25, 0.3) is 0 Å². The largest absolute Gasteiger partial charge is 0.393 e. The van der Waals surface area contributed by atoms with Gasteiger partial charge in [-0.15, -0.1) is 0 Å². The maximum absolute atomic E-state index is 12.1. The number of fused-ring (bicyclic) bond motifs is 1. The number of ether oxygens (including phenoxy) is 1. The first-order chi connectivity index (χ1) is 7.37. The van der Waals surface area contributed by atoms with Gasteiger partial charge in [-0.2, -0.15) is 13.2 Å². The Morgan fingerprint density at radius 3 is 2.31 bits per heavy atom. The van der Waals surface area contributed by atoms with Gasteiger partial charge in [0.15, 0.2) is 0 Å². The molecule has 1 aliphatic rings. The lowest BCUT2D eigenvalue weighted by Gasteiger charge is -2.06. The van der Waals surface area contributed by atoms with Gasteiger partial charge in [0.2, 0.25) is 0 Å². The molecule has 6 heteroatoms. The zero-order valence-corrected chi connectivity index (χ0v) is 7.80. The predicted molar refractivity (Wildman–Crippen MR) is 45.9 cm³/mol. The Hall–Kier alpha value is -1.85. The van der Waals surface area contributed by atoms with Crippen molar-refractivity contribution in [2.45, 2.75) is 12.6 Å². The van der Waals surface area contributed by atoms with Crippen molar-refractivity contribution in [1.82, 2.24) is 0 Å². The Morgan fingerprint density at radius 2 is 1.69 bits per heavy atom. The van der Waals surface area contributed by atoms with Crippen LogP contribution in [0, 0.1) is 0 Å². The summed E-state index contributed by atoms with van der Waals surface area (Å²) in [5.41, 5.74) is -0.166. The molecule has 1 heterocycles. The summed E-state index contributed by atoms with van der Waals surface area (Å²) in [6, 6.07) is 3.37. The van der Waals surface area contributed by atoms with Crippen LogP contribution >= 0.6 is 0 Å². The molecule has 0 saturated heterocycles. The van der Waals surface area contributed by atoms with E-state index in [-0.39, 0.29) is 16.7 Å². The highest BCUT2D eigenvalue weighted by Crippen LogP contribution is 2.25. The molecule has 0 N–H and O–H groups in total. The summed E-state index contributed by atoms with van der Waals surface area (Å²) in [6.45, 7) is 0. The van der Waals surface area contributed by atoms with Crippen molar-refractivity contribution in [3.8, 4) is 0 Å². The van der Waals surface area contributed by atoms with E-state index in [4.69, 9.17) is 0 Å². The molecule has 16 heavy (non-hydrogen) atoms. The summed E-state index contributed by atoms with van der Waals surface area (Å²) in [4.78, 5) is 22.1. The van der Waals surface area contributed by atoms with Gasteiger partial charge in [-0.05, 0) is 17.7 Å². The van der Waals surface area contributed by atoms with E-state index in [9.17, 15) is 22.8 Å². The average molecular weight is 230 g/mol. The highest BCUT2D eigenvalue weighted by molar-refractivity contribution is 6.14. The zero-order valence-electron chi connectivity index (χ0n) is 7.80. The second-order valence-corrected chi connectivity index (χ2v) is 3.35. The Balaban J connectivity index is 2.37. The number of carbonyl (C=O) groups is 2. The molecule has 3 nitrogen and oxygen atoms in total. The van der Waals surface area contributed by atoms with Crippen LogP contribution in [-0.4, -0.2) is 18.1 Å². The second-order valence-electron chi connectivity index (χ2n) is 3.35. The lowest BCUT2D eigenvalue weighted by molar-refractivity contribution is -0.127. The summed E-state index contributed by atoms with van der Waals surface area (Å²) in [6.07, 6.45) is -5.48. The van der Waals surface area contributed by atoms with Crippen molar-refractivity contribution in [1.29, 1.82) is 0 Å². The van der Waals surface area contributed by atoms with Crippen LogP contribution in [-0.2, 0) is 11.2 Å². The summed E-state index contributed by atoms with van der Waals surface area (Å²) < 4.78 is 40.5. The minimum Gasteiger partial charge on any atom is -0.386 e. The molecule has 0 radical (unpaired) electrons. The fourth-order valence-electron chi connectivity index (χ4n) is 1.47. The van der Waals surface area contributed by atoms with Crippen molar-refractivity contribution in [3.63, 3.8) is 0 Å². The number of alkyl halides is 3. The van der Waals surface area contributed by atoms with Crippen LogP contribution in [0.3, 0.4) is 0 Å². The molecule has 0 fully saturated rings. The first-order valence-corrected chi connectivity index (χ1v) is 4.33. The van der Waals surface area contributed by atoms with Crippen LogP contribution in [0.1, 0.15) is 26.3 Å². The molecule has 0 atom stereocenters. The van der Waals surface area contributed by atoms with E-state index in [0.717, 1.165) is 12.1 Å². The number of hydrogen-bond acceptors (Lipinski definition) is 3. The van der Waals surface area contributed by atoms with Crippen LogP contribution in [0.2, 0.25) is 0 Å². The number of halogens is 3. The maximum Gasteiger partial charge on any atom is 0.393 e. The van der Waals surface area contributed by atoms with Crippen molar-refractivity contribution in [2.75, 3.05) is 0 Å². The molecule has 0 unspecified atom stereocenters. The Kier molecular flexibility index (Phi) is 2.22. The molecule has 84 valence electrons. The molecule has 1 aromatic carbocycles. The monoisotopic (exact) mass is 230 g/mol. The lowest BCUT2D eigenvalue weighted by atomic mass is 10.0. The quantitative estimate of drug-likeness (QED) is 0.548. The second kappa shape index (κ2) is 3.33. The predicted octanol–water partition coefficient (Wildman–Crippen LogP) is 2.10. The SMILES string of the molecule is O=C1OC(=O)c2cc(CC(F)(F)F)ccc21. The van der Waals surface area contributed by atoms with Crippen LogP contribution in [0.15, 0.2) is 18.2 Å². The topological polar surface area (TPSA) is 43.4 Å². The maximum atomic E-state index is 12.1. The third-order valence-corrected chi connectivity index (χ3v) is 2.11. The third-order valence-electron chi connectivity index (χ3n) is 2.11.